The van der Waals surface area contributed by atoms with Gasteiger partial charge in [0.15, 0.2) is 0 Å². The van der Waals surface area contributed by atoms with Gasteiger partial charge in [-0.15, -0.1) is 0 Å². The highest BCUT2D eigenvalue weighted by Crippen LogP contribution is 2.21. The van der Waals surface area contributed by atoms with Crippen LogP contribution in [0.4, 0.5) is 0 Å². The average Bonchev–Trinajstić information content (AvgIpc) is 2.34. The molecule has 0 radical (unpaired) electrons. The molecule has 1 N–H and O–H groups in total. The van der Waals surface area contributed by atoms with Crippen LogP contribution in [0.5, 0.6) is 11.6 Å². The van der Waals surface area contributed by atoms with E-state index in [1.54, 1.807) is 36.5 Å². The van der Waals surface area contributed by atoms with Crippen LogP contribution in [0.2, 0.25) is 0 Å². The normalized spacial score (nSPS) is 10.1. The van der Waals surface area contributed by atoms with Crippen LogP contribution >= 0.6 is 15.9 Å². The van der Waals surface area contributed by atoms with Gasteiger partial charge >= 0.3 is 5.97 Å². The molecule has 0 atom stereocenters. The molecule has 0 saturated heterocycles. The summed E-state index contributed by atoms with van der Waals surface area (Å²) in [4.78, 5) is 14.6. The fourth-order valence-electron chi connectivity index (χ4n) is 1.39. The molecule has 0 spiro atoms. The highest BCUT2D eigenvalue weighted by atomic mass is 79.9. The molecule has 0 bridgehead atoms. The summed E-state index contributed by atoms with van der Waals surface area (Å²) < 4.78 is 6.40. The molecule has 0 amide bonds. The third-order valence-corrected chi connectivity index (χ3v) is 2.67. The van der Waals surface area contributed by atoms with Crippen molar-refractivity contribution in [3.63, 3.8) is 0 Å². The Bertz CT molecular complexity index is 537. The SMILES string of the molecule is O=C(O)Cc1ccc(Oc2ccc(Br)cn2)cc1. The number of carboxylic acid groups (broad SMARTS) is 1. The van der Waals surface area contributed by atoms with Crippen molar-refractivity contribution >= 4 is 21.9 Å². The second-order valence-electron chi connectivity index (χ2n) is 3.63. The number of benzene rings is 1. The molecule has 5 heteroatoms. The van der Waals surface area contributed by atoms with Crippen molar-refractivity contribution in [2.45, 2.75) is 6.42 Å². The van der Waals surface area contributed by atoms with Crippen LogP contribution in [0.15, 0.2) is 47.1 Å². The number of carbonyl (C=O) groups is 1. The molecule has 0 unspecified atom stereocenters. The van der Waals surface area contributed by atoms with E-state index in [0.29, 0.717) is 11.6 Å². The Morgan fingerprint density at radius 3 is 2.50 bits per heavy atom. The van der Waals surface area contributed by atoms with Gasteiger partial charge in [0.1, 0.15) is 5.75 Å². The third-order valence-electron chi connectivity index (χ3n) is 2.20. The minimum absolute atomic E-state index is 0.0107. The minimum Gasteiger partial charge on any atom is -0.481 e. The Kier molecular flexibility index (Phi) is 3.94. The zero-order valence-corrected chi connectivity index (χ0v) is 10.9. The van der Waals surface area contributed by atoms with E-state index in [4.69, 9.17) is 9.84 Å². The van der Waals surface area contributed by atoms with Gasteiger partial charge in [-0.2, -0.15) is 0 Å². The number of aliphatic carboxylic acids is 1. The standard InChI is InChI=1S/C13H10BrNO3/c14-10-3-6-12(15-8-10)18-11-4-1-9(2-5-11)7-13(16)17/h1-6,8H,7H2,(H,16,17). The number of ether oxygens (including phenoxy) is 1. The highest BCUT2D eigenvalue weighted by Gasteiger charge is 2.02. The molecule has 2 rings (SSSR count). The molecule has 1 heterocycles. The lowest BCUT2D eigenvalue weighted by Crippen LogP contribution is -1.99. The summed E-state index contributed by atoms with van der Waals surface area (Å²) in [5.74, 6) is 0.265. The highest BCUT2D eigenvalue weighted by molar-refractivity contribution is 9.10. The first kappa shape index (κ1) is 12.6. The zero-order valence-electron chi connectivity index (χ0n) is 9.34. The number of hydrogen-bond donors (Lipinski definition) is 1. The van der Waals surface area contributed by atoms with Crippen LogP contribution in [0.3, 0.4) is 0 Å². The molecule has 0 fully saturated rings. The molecule has 0 aliphatic rings. The Morgan fingerprint density at radius 2 is 1.94 bits per heavy atom. The first-order valence-electron chi connectivity index (χ1n) is 5.23. The van der Waals surface area contributed by atoms with Gasteiger partial charge in [-0.1, -0.05) is 12.1 Å². The van der Waals surface area contributed by atoms with Gasteiger partial charge < -0.3 is 9.84 Å². The molecule has 18 heavy (non-hydrogen) atoms. The Balaban J connectivity index is 2.06. The summed E-state index contributed by atoms with van der Waals surface area (Å²) in [5.41, 5.74) is 0.735. The molecule has 1 aromatic carbocycles. The fourth-order valence-corrected chi connectivity index (χ4v) is 1.63. The lowest BCUT2D eigenvalue weighted by molar-refractivity contribution is -0.136. The van der Waals surface area contributed by atoms with E-state index >= 15 is 0 Å². The van der Waals surface area contributed by atoms with Crippen LogP contribution in [-0.4, -0.2) is 16.1 Å². The summed E-state index contributed by atoms with van der Waals surface area (Å²) in [6.07, 6.45) is 1.66. The summed E-state index contributed by atoms with van der Waals surface area (Å²) in [7, 11) is 0. The lowest BCUT2D eigenvalue weighted by Gasteiger charge is -2.05. The summed E-state index contributed by atoms with van der Waals surface area (Å²) >= 11 is 3.29. The Morgan fingerprint density at radius 1 is 1.22 bits per heavy atom. The third kappa shape index (κ3) is 3.56. The number of halogens is 1. The first-order valence-corrected chi connectivity index (χ1v) is 6.03. The predicted molar refractivity (Wildman–Crippen MR) is 69.8 cm³/mol. The average molecular weight is 308 g/mol. The van der Waals surface area contributed by atoms with Crippen LogP contribution < -0.4 is 4.74 Å². The molecule has 4 nitrogen and oxygen atoms in total. The number of nitrogens with zero attached hydrogens (tertiary/aromatic N) is 1. The molecule has 0 saturated carbocycles. The van der Waals surface area contributed by atoms with Crippen LogP contribution in [0.1, 0.15) is 5.56 Å². The lowest BCUT2D eigenvalue weighted by atomic mass is 10.1. The van der Waals surface area contributed by atoms with Crippen molar-refractivity contribution in [3.05, 3.63) is 52.6 Å². The zero-order chi connectivity index (χ0) is 13.0. The van der Waals surface area contributed by atoms with Gasteiger partial charge in [-0.3, -0.25) is 4.79 Å². The Hall–Kier alpha value is -1.88. The van der Waals surface area contributed by atoms with E-state index in [-0.39, 0.29) is 6.42 Å². The minimum atomic E-state index is -0.849. The first-order chi connectivity index (χ1) is 8.63. The van der Waals surface area contributed by atoms with Gasteiger partial charge in [-0.25, -0.2) is 4.98 Å². The molecule has 92 valence electrons. The number of aromatic nitrogens is 1. The second-order valence-corrected chi connectivity index (χ2v) is 4.55. The summed E-state index contributed by atoms with van der Waals surface area (Å²) in [6, 6.07) is 10.5. The van der Waals surface area contributed by atoms with Crippen LogP contribution in [0, 0.1) is 0 Å². The Labute approximate surface area is 112 Å². The summed E-state index contributed by atoms with van der Waals surface area (Å²) in [6.45, 7) is 0. The van der Waals surface area contributed by atoms with Crippen LogP contribution in [0.25, 0.3) is 0 Å². The van der Waals surface area contributed by atoms with E-state index in [1.807, 2.05) is 6.07 Å². The van der Waals surface area contributed by atoms with Crippen molar-refractivity contribution in [3.8, 4) is 11.6 Å². The van der Waals surface area contributed by atoms with Crippen LogP contribution in [-0.2, 0) is 11.2 Å². The maximum absolute atomic E-state index is 10.5. The maximum Gasteiger partial charge on any atom is 0.307 e. The van der Waals surface area contributed by atoms with Crippen molar-refractivity contribution in [1.29, 1.82) is 0 Å². The molecule has 0 aliphatic carbocycles. The number of carboxylic acids is 1. The summed E-state index contributed by atoms with van der Waals surface area (Å²) in [5, 5.41) is 8.65. The largest absolute Gasteiger partial charge is 0.481 e. The van der Waals surface area contributed by atoms with E-state index in [2.05, 4.69) is 20.9 Å². The molecule has 1 aromatic heterocycles. The number of pyridine rings is 1. The maximum atomic E-state index is 10.5. The van der Waals surface area contributed by atoms with Gasteiger partial charge in [0.25, 0.3) is 0 Å². The number of rotatable bonds is 4. The fraction of sp³-hybridized carbons (Fsp3) is 0.0769. The van der Waals surface area contributed by atoms with Crippen molar-refractivity contribution in [2.24, 2.45) is 0 Å². The van der Waals surface area contributed by atoms with Gasteiger partial charge in [0.2, 0.25) is 5.88 Å². The second kappa shape index (κ2) is 5.64. The van der Waals surface area contributed by atoms with Crippen molar-refractivity contribution in [1.82, 2.24) is 4.98 Å². The van der Waals surface area contributed by atoms with Gasteiger partial charge in [-0.05, 0) is 39.7 Å². The van der Waals surface area contributed by atoms with Gasteiger partial charge in [0, 0.05) is 16.7 Å². The smallest absolute Gasteiger partial charge is 0.307 e. The topological polar surface area (TPSA) is 59.4 Å². The molecule has 0 aliphatic heterocycles. The molecular weight excluding hydrogens is 298 g/mol. The number of hydrogen-bond acceptors (Lipinski definition) is 3. The van der Waals surface area contributed by atoms with Gasteiger partial charge in [0.05, 0.1) is 6.42 Å². The quantitative estimate of drug-likeness (QED) is 0.942. The van der Waals surface area contributed by atoms with E-state index in [0.717, 1.165) is 10.0 Å². The van der Waals surface area contributed by atoms with E-state index in [9.17, 15) is 4.79 Å². The van der Waals surface area contributed by atoms with E-state index in [1.165, 1.54) is 0 Å². The molecule has 2 aromatic rings. The van der Waals surface area contributed by atoms with Crippen molar-refractivity contribution in [2.75, 3.05) is 0 Å². The molecular formula is C13H10BrNO3. The van der Waals surface area contributed by atoms with Crippen molar-refractivity contribution < 1.29 is 14.6 Å². The monoisotopic (exact) mass is 307 g/mol. The predicted octanol–water partition coefficient (Wildman–Crippen LogP) is 3.26. The van der Waals surface area contributed by atoms with E-state index < -0.39 is 5.97 Å².